The molecule has 1 fully saturated rings. The van der Waals surface area contributed by atoms with E-state index in [0.29, 0.717) is 11.1 Å². The number of amides is 2. The number of allylic oxidation sites excluding steroid dienone is 3. The van der Waals surface area contributed by atoms with E-state index in [1.165, 1.54) is 37.5 Å². The Bertz CT molecular complexity index is 1180. The number of nitrogens with zero attached hydrogens (tertiary/aromatic N) is 1. The van der Waals surface area contributed by atoms with Crippen molar-refractivity contribution in [1.82, 2.24) is 0 Å². The van der Waals surface area contributed by atoms with Crippen LogP contribution in [0.5, 0.6) is 11.5 Å². The number of ether oxygens (including phenoxy) is 1. The van der Waals surface area contributed by atoms with E-state index in [0.717, 1.165) is 17.0 Å². The predicted octanol–water partition coefficient (Wildman–Crippen LogP) is 5.32. The van der Waals surface area contributed by atoms with E-state index in [2.05, 4.69) is 6.58 Å². The van der Waals surface area contributed by atoms with E-state index in [-0.39, 0.29) is 28.6 Å². The summed E-state index contributed by atoms with van der Waals surface area (Å²) < 4.78 is 18.6. The van der Waals surface area contributed by atoms with Gasteiger partial charge in [-0.1, -0.05) is 30.3 Å². The first kappa shape index (κ1) is 22.6. The van der Waals surface area contributed by atoms with E-state index >= 15 is 0 Å². The zero-order valence-corrected chi connectivity index (χ0v) is 19.0. The van der Waals surface area contributed by atoms with E-state index in [4.69, 9.17) is 39.5 Å². The molecule has 2 aliphatic rings. The molecule has 0 aromatic heterocycles. The number of imide groups is 1. The first-order valence-corrected chi connectivity index (χ1v) is 10.6. The number of hydrogen-bond donors (Lipinski definition) is 1. The minimum absolute atomic E-state index is 0.0267. The molecule has 4 rings (SSSR count). The lowest BCUT2D eigenvalue weighted by Crippen LogP contribution is -2.54. The fourth-order valence-corrected chi connectivity index (χ4v) is 5.38. The average Bonchev–Trinajstić information content (AvgIpc) is 2.93. The second kappa shape index (κ2) is 7.80. The van der Waals surface area contributed by atoms with E-state index in [1.807, 2.05) is 0 Å². The van der Waals surface area contributed by atoms with Crippen LogP contribution in [-0.4, -0.2) is 33.8 Å². The summed E-state index contributed by atoms with van der Waals surface area (Å²) in [7, 11) is 1.35. The third kappa shape index (κ3) is 2.97. The highest BCUT2D eigenvalue weighted by Gasteiger charge is 2.73. The third-order valence-corrected chi connectivity index (χ3v) is 7.61. The molecule has 32 heavy (non-hydrogen) atoms. The Kier molecular flexibility index (Phi) is 5.52. The Hall–Kier alpha value is -2.54. The van der Waals surface area contributed by atoms with Gasteiger partial charge in [-0.3, -0.25) is 9.59 Å². The van der Waals surface area contributed by atoms with Crippen LogP contribution in [0, 0.1) is 5.82 Å². The monoisotopic (exact) mass is 495 g/mol. The van der Waals surface area contributed by atoms with Gasteiger partial charge in [0, 0.05) is 5.92 Å². The van der Waals surface area contributed by atoms with Crippen LogP contribution in [0.15, 0.2) is 60.7 Å². The first-order chi connectivity index (χ1) is 15.1. The molecule has 0 saturated carbocycles. The molecule has 5 nitrogen and oxygen atoms in total. The number of methoxy groups -OCH3 is 1. The summed E-state index contributed by atoms with van der Waals surface area (Å²) in [4.78, 5) is 24.3. The second-order valence-electron chi connectivity index (χ2n) is 7.53. The molecular weight excluding hydrogens is 480 g/mol. The largest absolute Gasteiger partial charge is 0.503 e. The Labute approximate surface area is 198 Å². The average molecular weight is 497 g/mol. The number of carbonyl (C=O) groups is 2. The van der Waals surface area contributed by atoms with Gasteiger partial charge in [0.2, 0.25) is 0 Å². The molecule has 166 valence electrons. The van der Waals surface area contributed by atoms with Gasteiger partial charge < -0.3 is 9.84 Å². The maximum absolute atomic E-state index is 13.7. The molecule has 9 heteroatoms. The van der Waals surface area contributed by atoms with Crippen molar-refractivity contribution < 1.29 is 23.8 Å². The van der Waals surface area contributed by atoms with E-state index in [1.54, 1.807) is 6.08 Å². The van der Waals surface area contributed by atoms with Crippen LogP contribution < -0.4 is 9.64 Å². The smallest absolute Gasteiger partial charge is 0.258 e. The Balaban J connectivity index is 1.94. The van der Waals surface area contributed by atoms with Crippen molar-refractivity contribution >= 4 is 52.3 Å². The zero-order chi connectivity index (χ0) is 23.4. The summed E-state index contributed by atoms with van der Waals surface area (Å²) in [5.74, 6) is -3.15. The van der Waals surface area contributed by atoms with Crippen LogP contribution in [0.3, 0.4) is 0 Å². The van der Waals surface area contributed by atoms with Crippen molar-refractivity contribution in [1.29, 1.82) is 0 Å². The molecule has 1 aliphatic carbocycles. The van der Waals surface area contributed by atoms with Gasteiger partial charge in [0.1, 0.15) is 5.82 Å². The SMILES string of the molecule is C=CC1=CCC2(Cl)C(=O)N(c3ccc(F)cc3)C(=O)C2(Cl)C1c1cc(Cl)c(O)c(OC)c1. The number of phenols is 1. The number of rotatable bonds is 4. The molecule has 3 atom stereocenters. The molecule has 1 saturated heterocycles. The van der Waals surface area contributed by atoms with Crippen LogP contribution >= 0.6 is 34.8 Å². The zero-order valence-electron chi connectivity index (χ0n) is 16.7. The van der Waals surface area contributed by atoms with E-state index in [9.17, 15) is 19.1 Å². The third-order valence-electron chi connectivity index (χ3n) is 5.91. The van der Waals surface area contributed by atoms with Crippen LogP contribution in [-0.2, 0) is 9.59 Å². The molecule has 1 aliphatic heterocycles. The highest BCUT2D eigenvalue weighted by Crippen LogP contribution is 2.60. The minimum Gasteiger partial charge on any atom is -0.503 e. The Morgan fingerprint density at radius 1 is 1.22 bits per heavy atom. The molecule has 1 heterocycles. The molecule has 0 bridgehead atoms. The number of fused-ring (bicyclic) bond motifs is 1. The van der Waals surface area contributed by atoms with Gasteiger partial charge in [-0.05, 0) is 54.0 Å². The molecule has 1 N–H and O–H groups in total. The normalized spacial score (nSPS) is 27.2. The second-order valence-corrected chi connectivity index (χ2v) is 9.18. The van der Waals surface area contributed by atoms with Gasteiger partial charge in [-0.15, -0.1) is 23.2 Å². The van der Waals surface area contributed by atoms with Crippen LogP contribution in [0.25, 0.3) is 0 Å². The Morgan fingerprint density at radius 2 is 1.88 bits per heavy atom. The van der Waals surface area contributed by atoms with Gasteiger partial charge in [0.05, 0.1) is 17.8 Å². The molecule has 3 unspecified atom stereocenters. The highest BCUT2D eigenvalue weighted by atomic mass is 35.5. The number of halogens is 4. The summed E-state index contributed by atoms with van der Waals surface area (Å²) in [6.07, 6.45) is 3.19. The predicted molar refractivity (Wildman–Crippen MR) is 121 cm³/mol. The summed E-state index contributed by atoms with van der Waals surface area (Å²) in [5, 5.41) is 10.1. The first-order valence-electron chi connectivity index (χ1n) is 9.51. The van der Waals surface area contributed by atoms with Crippen molar-refractivity contribution in [3.63, 3.8) is 0 Å². The number of carbonyl (C=O) groups excluding carboxylic acids is 2. The van der Waals surface area contributed by atoms with Gasteiger partial charge in [0.25, 0.3) is 11.8 Å². The highest BCUT2D eigenvalue weighted by molar-refractivity contribution is 6.58. The molecule has 2 aromatic carbocycles. The van der Waals surface area contributed by atoms with Crippen molar-refractivity contribution in [2.75, 3.05) is 12.0 Å². The molecule has 0 spiro atoms. The van der Waals surface area contributed by atoms with E-state index < -0.39 is 33.3 Å². The summed E-state index contributed by atoms with van der Waals surface area (Å²) >= 11 is 20.1. The number of aromatic hydroxyl groups is 1. The number of anilines is 1. The molecular formula is C23H17Cl3FNO4. The summed E-state index contributed by atoms with van der Waals surface area (Å²) in [6.45, 7) is 3.81. The standard InChI is InChI=1S/C23H17Cl3FNO4/c1-3-12-8-9-22(25)20(30)28(15-6-4-14(27)5-7-15)21(31)23(22,26)18(12)13-10-16(24)19(29)17(11-13)32-2/h3-8,10-11,18,29H,1,9H2,2H3. The maximum Gasteiger partial charge on any atom is 0.258 e. The fourth-order valence-electron chi connectivity index (χ4n) is 4.32. The minimum atomic E-state index is -1.95. The maximum atomic E-state index is 13.7. The number of benzene rings is 2. The molecule has 2 aromatic rings. The van der Waals surface area contributed by atoms with Gasteiger partial charge in [-0.25, -0.2) is 9.29 Å². The van der Waals surface area contributed by atoms with Crippen LogP contribution in [0.1, 0.15) is 17.9 Å². The van der Waals surface area contributed by atoms with Crippen molar-refractivity contribution in [3.8, 4) is 11.5 Å². The number of hydrogen-bond acceptors (Lipinski definition) is 4. The fraction of sp³-hybridized carbons (Fsp3) is 0.217. The Morgan fingerprint density at radius 3 is 2.47 bits per heavy atom. The number of phenolic OH excluding ortho intramolecular Hbond substituents is 1. The molecule has 0 radical (unpaired) electrons. The summed E-state index contributed by atoms with van der Waals surface area (Å²) in [5.41, 5.74) is 1.11. The topological polar surface area (TPSA) is 66.8 Å². The number of alkyl halides is 2. The van der Waals surface area contributed by atoms with Gasteiger partial charge in [0.15, 0.2) is 21.2 Å². The van der Waals surface area contributed by atoms with Crippen LogP contribution in [0.2, 0.25) is 5.02 Å². The van der Waals surface area contributed by atoms with Crippen molar-refractivity contribution in [2.24, 2.45) is 0 Å². The van der Waals surface area contributed by atoms with Crippen molar-refractivity contribution in [2.45, 2.75) is 22.1 Å². The summed E-state index contributed by atoms with van der Waals surface area (Å²) in [6, 6.07) is 7.80. The lowest BCUT2D eigenvalue weighted by Gasteiger charge is -2.42. The quantitative estimate of drug-likeness (QED) is 0.459. The van der Waals surface area contributed by atoms with Crippen LogP contribution in [0.4, 0.5) is 10.1 Å². The van der Waals surface area contributed by atoms with Gasteiger partial charge >= 0.3 is 0 Å². The lowest BCUT2D eigenvalue weighted by atomic mass is 9.68. The van der Waals surface area contributed by atoms with Crippen molar-refractivity contribution in [3.05, 3.63) is 77.1 Å². The van der Waals surface area contributed by atoms with Gasteiger partial charge in [-0.2, -0.15) is 0 Å². The lowest BCUT2D eigenvalue weighted by molar-refractivity contribution is -0.122. The molecule has 2 amide bonds.